The number of aryl methyl sites for hydroxylation is 1. The monoisotopic (exact) mass is 685 g/mol. The molecule has 1 N–H and O–H groups in total. The third kappa shape index (κ3) is 8.14. The van der Waals surface area contributed by atoms with Gasteiger partial charge in [-0.05, 0) is 88.8 Å². The van der Waals surface area contributed by atoms with E-state index in [1.54, 1.807) is 48.5 Å². The number of carbonyl (C=O) groups excluding carboxylic acids is 2. The van der Waals surface area contributed by atoms with E-state index in [1.165, 1.54) is 0 Å². The highest BCUT2D eigenvalue weighted by Crippen LogP contribution is 2.40. The van der Waals surface area contributed by atoms with Crippen LogP contribution in [0, 0.1) is 23.3 Å². The number of benzene rings is 5. The van der Waals surface area contributed by atoms with Crippen LogP contribution in [0.25, 0.3) is 10.4 Å². The summed E-state index contributed by atoms with van der Waals surface area (Å²) in [6, 6.07) is 36.4. The van der Waals surface area contributed by atoms with Crippen LogP contribution in [0.1, 0.15) is 45.4 Å². The van der Waals surface area contributed by atoms with E-state index in [0.29, 0.717) is 58.1 Å². The predicted octanol–water partition coefficient (Wildman–Crippen LogP) is 8.41. The molecule has 0 unspecified atom stereocenters. The molecule has 0 aromatic heterocycles. The minimum absolute atomic E-state index is 0.120. The van der Waals surface area contributed by atoms with Crippen molar-refractivity contribution >= 4 is 23.2 Å². The Balaban J connectivity index is 1.05. The molecular weight excluding hydrogens is 654 g/mol. The molecule has 1 aliphatic carbocycles. The second kappa shape index (κ2) is 16.0. The fourth-order valence-corrected chi connectivity index (χ4v) is 5.65. The number of nitrogens with one attached hydrogen (secondary N) is 1. The number of esters is 2. The number of hydrogen-bond acceptors (Lipinski definition) is 8. The summed E-state index contributed by atoms with van der Waals surface area (Å²) in [5.41, 5.74) is 5.28. The Labute approximate surface area is 300 Å². The quantitative estimate of drug-likeness (QED) is 0.0451. The first-order valence-corrected chi connectivity index (χ1v) is 16.3. The minimum atomic E-state index is -0.638. The van der Waals surface area contributed by atoms with E-state index >= 15 is 0 Å². The molecular formula is C43H31N3O6. The number of carbonyl (C=O) groups is 2. The van der Waals surface area contributed by atoms with Gasteiger partial charge in [-0.2, -0.15) is 0 Å². The average Bonchev–Trinajstić information content (AvgIpc) is 3.18. The second-order valence-corrected chi connectivity index (χ2v) is 11.7. The molecule has 0 saturated heterocycles. The molecule has 5 aromatic carbocycles. The molecule has 9 nitrogen and oxygen atoms in total. The number of rotatable bonds is 12. The Morgan fingerprint density at radius 3 is 2.00 bits per heavy atom. The van der Waals surface area contributed by atoms with Crippen LogP contribution in [0.4, 0.5) is 0 Å². The molecule has 0 amide bonds. The highest BCUT2D eigenvalue weighted by atomic mass is 16.5. The summed E-state index contributed by atoms with van der Waals surface area (Å²) in [5, 5.41) is 18.7. The fourth-order valence-electron chi connectivity index (χ4n) is 5.65. The molecule has 0 aliphatic heterocycles. The Kier molecular flexibility index (Phi) is 10.6. The third-order valence-electron chi connectivity index (χ3n) is 8.24. The lowest BCUT2D eigenvalue weighted by Crippen LogP contribution is -2.16. The molecule has 52 heavy (non-hydrogen) atoms. The molecule has 0 radical (unpaired) electrons. The fraction of sp³-hybridized carbons (Fsp3) is 0.0930. The molecule has 5 aromatic rings. The highest BCUT2D eigenvalue weighted by molar-refractivity contribution is 6.21. The predicted molar refractivity (Wildman–Crippen MR) is 195 cm³/mol. The zero-order valence-electron chi connectivity index (χ0n) is 27.9. The molecule has 254 valence electrons. The first kappa shape index (κ1) is 34.6. The maximum atomic E-state index is 12.5. The Bertz CT molecular complexity index is 2260. The number of fused-ring (bicyclic) bond motifs is 2. The summed E-state index contributed by atoms with van der Waals surface area (Å²) in [7, 11) is 0. The van der Waals surface area contributed by atoms with Crippen LogP contribution in [0.2, 0.25) is 0 Å². The van der Waals surface area contributed by atoms with Gasteiger partial charge in [0.25, 0.3) is 5.70 Å². The van der Waals surface area contributed by atoms with Crippen LogP contribution in [-0.4, -0.2) is 17.7 Å². The summed E-state index contributed by atoms with van der Waals surface area (Å²) in [5.74, 6) is 0.993. The van der Waals surface area contributed by atoms with E-state index in [4.69, 9.17) is 30.9 Å². The molecule has 0 heterocycles. The Morgan fingerprint density at radius 2 is 1.33 bits per heavy atom. The number of allylic oxidation sites excluding steroid dienone is 1. The topological polar surface area (TPSA) is 123 Å². The van der Waals surface area contributed by atoms with E-state index < -0.39 is 5.97 Å². The largest absolute Gasteiger partial charge is 0.489 e. The number of hydrogen-bond donors (Lipinski definition) is 1. The van der Waals surface area contributed by atoms with E-state index in [2.05, 4.69) is 11.4 Å². The van der Waals surface area contributed by atoms with Crippen molar-refractivity contribution in [3.05, 3.63) is 184 Å². The van der Waals surface area contributed by atoms with Crippen molar-refractivity contribution in [3.63, 3.8) is 0 Å². The van der Waals surface area contributed by atoms with Crippen LogP contribution in [0.3, 0.4) is 0 Å². The van der Waals surface area contributed by atoms with E-state index in [-0.39, 0.29) is 36.2 Å². The maximum Gasteiger partial charge on any atom is 0.335 e. The summed E-state index contributed by atoms with van der Waals surface area (Å²) in [6.07, 6.45) is 1.73. The second-order valence-electron chi connectivity index (χ2n) is 11.7. The van der Waals surface area contributed by atoms with Gasteiger partial charge < -0.3 is 18.9 Å². The van der Waals surface area contributed by atoms with Gasteiger partial charge in [0, 0.05) is 29.2 Å². The zero-order chi connectivity index (χ0) is 36.5. The van der Waals surface area contributed by atoms with Gasteiger partial charge in [0.2, 0.25) is 0 Å². The van der Waals surface area contributed by atoms with E-state index in [0.717, 1.165) is 22.8 Å². The number of ether oxygens (including phenoxy) is 4. The Hall–Kier alpha value is -7.23. The van der Waals surface area contributed by atoms with Crippen molar-refractivity contribution in [2.75, 3.05) is 0 Å². The van der Waals surface area contributed by atoms with Crippen LogP contribution in [0.15, 0.2) is 134 Å². The lowest BCUT2D eigenvalue weighted by atomic mass is 9.79. The highest BCUT2D eigenvalue weighted by Gasteiger charge is 2.28. The zero-order valence-corrected chi connectivity index (χ0v) is 27.9. The van der Waals surface area contributed by atoms with Gasteiger partial charge in [-0.15, -0.1) is 0 Å². The van der Waals surface area contributed by atoms with E-state index in [9.17, 15) is 14.9 Å². The normalized spacial score (nSPS) is 12.2. The van der Waals surface area contributed by atoms with Gasteiger partial charge in [0.1, 0.15) is 36.2 Å². The average molecular weight is 686 g/mol. The molecule has 0 spiro atoms. The third-order valence-corrected chi connectivity index (χ3v) is 8.24. The molecule has 0 atom stereocenters. The van der Waals surface area contributed by atoms with Crippen molar-refractivity contribution in [2.45, 2.75) is 26.1 Å². The van der Waals surface area contributed by atoms with Gasteiger partial charge in [-0.1, -0.05) is 67.2 Å². The SMILES string of the molecule is [C-]#[N+]/C(C#N)=C1\c2ccc(OC(=O)C=C)cc2C(=N)c2ccc(COc3ccc(CCC(=O)Oc4ccc(OCc5ccccc5)cc4)cc3)cc21. The number of nitriles is 1. The molecule has 6 rings (SSSR count). The van der Waals surface area contributed by atoms with Crippen molar-refractivity contribution in [2.24, 2.45) is 0 Å². The summed E-state index contributed by atoms with van der Waals surface area (Å²) >= 11 is 0. The molecule has 1 aliphatic rings. The molecule has 0 fully saturated rings. The first-order valence-electron chi connectivity index (χ1n) is 16.3. The van der Waals surface area contributed by atoms with Crippen molar-refractivity contribution in [1.29, 1.82) is 10.7 Å². The smallest absolute Gasteiger partial charge is 0.335 e. The van der Waals surface area contributed by atoms with Crippen LogP contribution >= 0.6 is 0 Å². The maximum absolute atomic E-state index is 12.5. The molecule has 9 heteroatoms. The first-order chi connectivity index (χ1) is 25.3. The van der Waals surface area contributed by atoms with Gasteiger partial charge in [0.05, 0.1) is 18.4 Å². The lowest BCUT2D eigenvalue weighted by molar-refractivity contribution is -0.134. The van der Waals surface area contributed by atoms with Crippen molar-refractivity contribution in [1.82, 2.24) is 0 Å². The summed E-state index contributed by atoms with van der Waals surface area (Å²) in [6.45, 7) is 11.7. The lowest BCUT2D eigenvalue weighted by Gasteiger charge is -2.25. The standard InChI is InChI=1S/C43H31N3O6/c1-3-40(47)52-34-19-21-35-38(24-34)43(45)36-20-11-30(23-37(36)42(35)39(25-44)46-2)27-50-31-13-9-28(10-14-31)12-22-41(48)51-33-17-15-32(16-18-33)49-26-29-7-5-4-6-8-29/h3-11,13-21,23-24,45H,1,12,22,26-27H2/b42-39+,45-43?. The Morgan fingerprint density at radius 1 is 0.712 bits per heavy atom. The minimum Gasteiger partial charge on any atom is -0.489 e. The van der Waals surface area contributed by atoms with Gasteiger partial charge in [-0.25, -0.2) is 14.9 Å². The van der Waals surface area contributed by atoms with Gasteiger partial charge >= 0.3 is 11.9 Å². The van der Waals surface area contributed by atoms with E-state index in [1.807, 2.05) is 72.8 Å². The number of nitrogens with zero attached hydrogens (tertiary/aromatic N) is 2. The van der Waals surface area contributed by atoms with Crippen molar-refractivity contribution < 1.29 is 28.5 Å². The van der Waals surface area contributed by atoms with Crippen LogP contribution in [0.5, 0.6) is 23.0 Å². The summed E-state index contributed by atoms with van der Waals surface area (Å²) in [4.78, 5) is 27.7. The molecule has 0 saturated carbocycles. The van der Waals surface area contributed by atoms with Gasteiger partial charge in [0.15, 0.2) is 0 Å². The van der Waals surface area contributed by atoms with Crippen LogP contribution < -0.4 is 18.9 Å². The summed E-state index contributed by atoms with van der Waals surface area (Å²) < 4.78 is 22.6. The van der Waals surface area contributed by atoms with Gasteiger partial charge in [-0.3, -0.25) is 10.2 Å². The molecule has 0 bridgehead atoms. The van der Waals surface area contributed by atoms with Crippen LogP contribution in [-0.2, 0) is 29.2 Å². The van der Waals surface area contributed by atoms with Crippen molar-refractivity contribution in [3.8, 4) is 29.1 Å².